The lowest BCUT2D eigenvalue weighted by molar-refractivity contribution is 0.600. The maximum absolute atomic E-state index is 11.8. The van der Waals surface area contributed by atoms with Crippen LogP contribution >= 0.6 is 0 Å². The van der Waals surface area contributed by atoms with E-state index in [9.17, 15) is 8.42 Å². The van der Waals surface area contributed by atoms with Crippen LogP contribution in [0, 0.1) is 0 Å². The predicted octanol–water partition coefficient (Wildman–Crippen LogP) is 1.95. The highest BCUT2D eigenvalue weighted by atomic mass is 32.2. The van der Waals surface area contributed by atoms with Crippen LogP contribution in [0.15, 0.2) is 18.2 Å². The first kappa shape index (κ1) is 10.9. The van der Waals surface area contributed by atoms with Gasteiger partial charge in [-0.1, -0.05) is 0 Å². The van der Waals surface area contributed by atoms with E-state index in [0.29, 0.717) is 5.69 Å². The Labute approximate surface area is 101 Å². The Bertz CT molecular complexity index is 535. The van der Waals surface area contributed by atoms with Crippen molar-refractivity contribution in [1.82, 2.24) is 0 Å². The molecule has 0 bridgehead atoms. The monoisotopic (exact) mass is 252 g/mol. The highest BCUT2D eigenvalue weighted by molar-refractivity contribution is 7.93. The SMILES string of the molecule is O=S(=O)(Nc1ccc2c(c1)CCCN2)C1CC1. The number of nitrogens with one attached hydrogen (secondary N) is 2. The first-order chi connectivity index (χ1) is 8.15. The van der Waals surface area contributed by atoms with Crippen molar-refractivity contribution in [3.05, 3.63) is 23.8 Å². The quantitative estimate of drug-likeness (QED) is 0.864. The maximum Gasteiger partial charge on any atom is 0.235 e. The van der Waals surface area contributed by atoms with Crippen LogP contribution in [0.4, 0.5) is 11.4 Å². The van der Waals surface area contributed by atoms with E-state index in [1.807, 2.05) is 18.2 Å². The fourth-order valence-corrected chi connectivity index (χ4v) is 3.54. The molecule has 17 heavy (non-hydrogen) atoms. The molecular weight excluding hydrogens is 236 g/mol. The van der Waals surface area contributed by atoms with Gasteiger partial charge in [0, 0.05) is 17.9 Å². The molecule has 1 aliphatic carbocycles. The van der Waals surface area contributed by atoms with Gasteiger partial charge in [-0.2, -0.15) is 0 Å². The maximum atomic E-state index is 11.8. The number of hydrogen-bond donors (Lipinski definition) is 2. The highest BCUT2D eigenvalue weighted by Crippen LogP contribution is 2.31. The van der Waals surface area contributed by atoms with Crippen LogP contribution in [0.25, 0.3) is 0 Å². The molecule has 0 aromatic heterocycles. The molecule has 0 atom stereocenters. The Morgan fingerprint density at radius 2 is 2.12 bits per heavy atom. The van der Waals surface area contributed by atoms with Gasteiger partial charge in [0.05, 0.1) is 5.25 Å². The lowest BCUT2D eigenvalue weighted by Gasteiger charge is -2.19. The van der Waals surface area contributed by atoms with E-state index < -0.39 is 10.0 Å². The van der Waals surface area contributed by atoms with E-state index >= 15 is 0 Å². The van der Waals surface area contributed by atoms with Crippen molar-refractivity contribution in [2.45, 2.75) is 30.9 Å². The van der Waals surface area contributed by atoms with Gasteiger partial charge in [-0.25, -0.2) is 8.42 Å². The molecule has 0 radical (unpaired) electrons. The standard InChI is InChI=1S/C12H16N2O2S/c15-17(16,11-4-5-11)14-10-3-6-12-9(8-10)2-1-7-13-12/h3,6,8,11,13-14H,1-2,4-5,7H2. The van der Waals surface area contributed by atoms with E-state index in [1.54, 1.807) is 0 Å². The lowest BCUT2D eigenvalue weighted by atomic mass is 10.0. The molecule has 1 aromatic rings. The van der Waals surface area contributed by atoms with Gasteiger partial charge in [-0.05, 0) is 49.4 Å². The summed E-state index contributed by atoms with van der Waals surface area (Å²) in [6.45, 7) is 1.00. The molecule has 0 amide bonds. The Kier molecular flexibility index (Phi) is 2.50. The average Bonchev–Trinajstić information content (AvgIpc) is 3.12. The van der Waals surface area contributed by atoms with Crippen molar-refractivity contribution in [3.63, 3.8) is 0 Å². The minimum absolute atomic E-state index is 0.170. The number of rotatable bonds is 3. The first-order valence-electron chi connectivity index (χ1n) is 6.03. The number of anilines is 2. The Balaban J connectivity index is 1.84. The van der Waals surface area contributed by atoms with Gasteiger partial charge >= 0.3 is 0 Å². The summed E-state index contributed by atoms with van der Waals surface area (Å²) < 4.78 is 26.3. The molecule has 5 heteroatoms. The molecular formula is C12H16N2O2S. The zero-order valence-electron chi connectivity index (χ0n) is 9.57. The van der Waals surface area contributed by atoms with Crippen molar-refractivity contribution in [2.24, 2.45) is 0 Å². The summed E-state index contributed by atoms with van der Waals surface area (Å²) in [6.07, 6.45) is 3.71. The van der Waals surface area contributed by atoms with Crippen LogP contribution in [-0.2, 0) is 16.4 Å². The van der Waals surface area contributed by atoms with Gasteiger partial charge in [-0.3, -0.25) is 4.72 Å². The fourth-order valence-electron chi connectivity index (χ4n) is 2.16. The van der Waals surface area contributed by atoms with E-state index in [0.717, 1.165) is 37.9 Å². The summed E-state index contributed by atoms with van der Waals surface area (Å²) in [5.41, 5.74) is 3.03. The molecule has 1 fully saturated rings. The molecule has 92 valence electrons. The Hall–Kier alpha value is -1.23. The van der Waals surface area contributed by atoms with Crippen LogP contribution in [0.5, 0.6) is 0 Å². The van der Waals surface area contributed by atoms with Gasteiger partial charge in [-0.15, -0.1) is 0 Å². The summed E-state index contributed by atoms with van der Waals surface area (Å²) in [4.78, 5) is 0. The molecule has 1 aliphatic heterocycles. The minimum atomic E-state index is -3.14. The van der Waals surface area contributed by atoms with Crippen molar-refractivity contribution < 1.29 is 8.42 Å². The summed E-state index contributed by atoms with van der Waals surface area (Å²) in [5.74, 6) is 0. The lowest BCUT2D eigenvalue weighted by Crippen LogP contribution is -2.18. The van der Waals surface area contributed by atoms with Crippen LogP contribution in [0.3, 0.4) is 0 Å². The fraction of sp³-hybridized carbons (Fsp3) is 0.500. The molecule has 2 aliphatic rings. The minimum Gasteiger partial charge on any atom is -0.385 e. The highest BCUT2D eigenvalue weighted by Gasteiger charge is 2.35. The third kappa shape index (κ3) is 2.24. The molecule has 0 unspecified atom stereocenters. The predicted molar refractivity (Wildman–Crippen MR) is 68.8 cm³/mol. The molecule has 0 spiro atoms. The second kappa shape index (κ2) is 3.91. The zero-order chi connectivity index (χ0) is 11.9. The molecule has 1 aromatic carbocycles. The Morgan fingerprint density at radius 1 is 1.29 bits per heavy atom. The molecule has 2 N–H and O–H groups in total. The van der Waals surface area contributed by atoms with Crippen molar-refractivity contribution >= 4 is 21.4 Å². The van der Waals surface area contributed by atoms with E-state index in [2.05, 4.69) is 10.0 Å². The molecule has 3 rings (SSSR count). The topological polar surface area (TPSA) is 58.2 Å². The van der Waals surface area contributed by atoms with Crippen LogP contribution in [0.1, 0.15) is 24.8 Å². The van der Waals surface area contributed by atoms with E-state index in [4.69, 9.17) is 0 Å². The van der Waals surface area contributed by atoms with Crippen molar-refractivity contribution in [3.8, 4) is 0 Å². The summed E-state index contributed by atoms with van der Waals surface area (Å²) in [6, 6.07) is 5.73. The number of fused-ring (bicyclic) bond motifs is 1. The second-order valence-corrected chi connectivity index (χ2v) is 6.71. The average molecular weight is 252 g/mol. The van der Waals surface area contributed by atoms with Gasteiger partial charge in [0.25, 0.3) is 0 Å². The summed E-state index contributed by atoms with van der Waals surface area (Å²) in [7, 11) is -3.14. The van der Waals surface area contributed by atoms with E-state index in [1.165, 1.54) is 5.56 Å². The van der Waals surface area contributed by atoms with Crippen molar-refractivity contribution in [2.75, 3.05) is 16.6 Å². The molecule has 1 heterocycles. The van der Waals surface area contributed by atoms with Crippen LogP contribution in [-0.4, -0.2) is 20.2 Å². The number of aryl methyl sites for hydroxylation is 1. The Morgan fingerprint density at radius 3 is 2.88 bits per heavy atom. The summed E-state index contributed by atoms with van der Waals surface area (Å²) in [5, 5.41) is 3.14. The molecule has 4 nitrogen and oxygen atoms in total. The smallest absolute Gasteiger partial charge is 0.235 e. The van der Waals surface area contributed by atoms with Gasteiger partial charge in [0.15, 0.2) is 0 Å². The third-order valence-electron chi connectivity index (χ3n) is 3.27. The van der Waals surface area contributed by atoms with Crippen LogP contribution in [0.2, 0.25) is 0 Å². The molecule has 1 saturated carbocycles. The number of benzene rings is 1. The number of sulfonamides is 1. The normalized spacial score (nSPS) is 19.3. The van der Waals surface area contributed by atoms with Gasteiger partial charge in [0.2, 0.25) is 10.0 Å². The third-order valence-corrected chi connectivity index (χ3v) is 5.14. The van der Waals surface area contributed by atoms with Crippen molar-refractivity contribution in [1.29, 1.82) is 0 Å². The number of hydrogen-bond acceptors (Lipinski definition) is 3. The molecule has 0 saturated heterocycles. The van der Waals surface area contributed by atoms with Gasteiger partial charge in [0.1, 0.15) is 0 Å². The van der Waals surface area contributed by atoms with E-state index in [-0.39, 0.29) is 5.25 Å². The van der Waals surface area contributed by atoms with Crippen LogP contribution < -0.4 is 10.0 Å². The van der Waals surface area contributed by atoms with Gasteiger partial charge < -0.3 is 5.32 Å². The zero-order valence-corrected chi connectivity index (χ0v) is 10.4. The summed E-state index contributed by atoms with van der Waals surface area (Å²) >= 11 is 0. The second-order valence-electron chi connectivity index (χ2n) is 4.75. The largest absolute Gasteiger partial charge is 0.385 e. The first-order valence-corrected chi connectivity index (χ1v) is 7.58.